The van der Waals surface area contributed by atoms with Gasteiger partial charge in [0.15, 0.2) is 0 Å². The highest BCUT2D eigenvalue weighted by Gasteiger charge is 2.26. The second kappa shape index (κ2) is 3.38. The van der Waals surface area contributed by atoms with Gasteiger partial charge in [0.2, 0.25) is 0 Å². The second-order valence-electron chi connectivity index (χ2n) is 3.56. The van der Waals surface area contributed by atoms with Gasteiger partial charge in [-0.2, -0.15) is 0 Å². The topological polar surface area (TPSA) is 9.23 Å². The van der Waals surface area contributed by atoms with Crippen molar-refractivity contribution in [1.29, 1.82) is 0 Å². The first-order chi connectivity index (χ1) is 4.75. The van der Waals surface area contributed by atoms with E-state index in [4.69, 9.17) is 4.74 Å². The molecule has 60 valence electrons. The molecule has 1 fully saturated rings. The predicted molar refractivity (Wildman–Crippen MR) is 42.9 cm³/mol. The van der Waals surface area contributed by atoms with Crippen LogP contribution in [-0.4, -0.2) is 13.2 Å². The lowest BCUT2D eigenvalue weighted by atomic mass is 9.81. The maximum absolute atomic E-state index is 5.43. The van der Waals surface area contributed by atoms with Gasteiger partial charge < -0.3 is 4.74 Å². The van der Waals surface area contributed by atoms with Gasteiger partial charge in [-0.25, -0.2) is 0 Å². The minimum atomic E-state index is 0.772. The molecule has 1 nitrogen and oxygen atoms in total. The lowest BCUT2D eigenvalue weighted by Crippen LogP contribution is -2.32. The Bertz CT molecular complexity index is 90.9. The Kier molecular flexibility index (Phi) is 2.72. The van der Waals surface area contributed by atoms with E-state index in [1.165, 1.54) is 6.42 Å². The minimum Gasteiger partial charge on any atom is -0.381 e. The summed E-state index contributed by atoms with van der Waals surface area (Å²) in [5, 5.41) is 0. The van der Waals surface area contributed by atoms with Gasteiger partial charge in [0, 0.05) is 13.2 Å². The molecule has 0 aromatic rings. The molecule has 0 amide bonds. The highest BCUT2D eigenvalue weighted by atomic mass is 16.5. The fourth-order valence-corrected chi connectivity index (χ4v) is 2.05. The fraction of sp³-hybridized carbons (Fsp3) is 1.00. The Labute approximate surface area is 63.8 Å². The molecule has 1 heterocycles. The van der Waals surface area contributed by atoms with Crippen molar-refractivity contribution in [3.05, 3.63) is 0 Å². The van der Waals surface area contributed by atoms with E-state index in [9.17, 15) is 0 Å². The first-order valence-corrected chi connectivity index (χ1v) is 4.33. The van der Waals surface area contributed by atoms with Crippen molar-refractivity contribution >= 4 is 0 Å². The maximum Gasteiger partial charge on any atom is 0.0494 e. The van der Waals surface area contributed by atoms with Crippen LogP contribution in [0.5, 0.6) is 0 Å². The normalized spacial score (nSPS) is 41.7. The Morgan fingerprint density at radius 1 is 1.20 bits per heavy atom. The zero-order valence-corrected chi connectivity index (χ0v) is 7.26. The van der Waals surface area contributed by atoms with Crippen molar-refractivity contribution in [2.45, 2.75) is 27.2 Å². The van der Waals surface area contributed by atoms with Crippen LogP contribution in [-0.2, 0) is 4.74 Å². The molecule has 0 aliphatic carbocycles. The molecular formula is C9H18O. The molecule has 0 N–H and O–H groups in total. The summed E-state index contributed by atoms with van der Waals surface area (Å²) in [5.41, 5.74) is 0. The summed E-state index contributed by atoms with van der Waals surface area (Å²) in [7, 11) is 0. The molecule has 1 saturated heterocycles. The van der Waals surface area contributed by atoms with E-state index < -0.39 is 0 Å². The third-order valence-electron chi connectivity index (χ3n) is 2.69. The van der Waals surface area contributed by atoms with E-state index in [1.54, 1.807) is 0 Å². The number of ether oxygens (including phenoxy) is 1. The van der Waals surface area contributed by atoms with E-state index >= 15 is 0 Å². The molecule has 0 saturated carbocycles. The number of hydrogen-bond acceptors (Lipinski definition) is 1. The minimum absolute atomic E-state index is 0.772. The third-order valence-corrected chi connectivity index (χ3v) is 2.69. The quantitative estimate of drug-likeness (QED) is 0.546. The largest absolute Gasteiger partial charge is 0.381 e. The maximum atomic E-state index is 5.43. The van der Waals surface area contributed by atoms with E-state index in [1.807, 2.05) is 0 Å². The SMILES string of the molecule is CCC1C(C)COCC1C. The third kappa shape index (κ3) is 1.51. The average Bonchev–Trinajstić information content (AvgIpc) is 1.88. The van der Waals surface area contributed by atoms with Crippen LogP contribution in [0.1, 0.15) is 27.2 Å². The summed E-state index contributed by atoms with van der Waals surface area (Å²) >= 11 is 0. The monoisotopic (exact) mass is 142 g/mol. The lowest BCUT2D eigenvalue weighted by molar-refractivity contribution is -0.0169. The van der Waals surface area contributed by atoms with E-state index in [-0.39, 0.29) is 0 Å². The van der Waals surface area contributed by atoms with Gasteiger partial charge in [-0.3, -0.25) is 0 Å². The number of hydrogen-bond donors (Lipinski definition) is 0. The van der Waals surface area contributed by atoms with Crippen LogP contribution < -0.4 is 0 Å². The van der Waals surface area contributed by atoms with Crippen LogP contribution in [0.3, 0.4) is 0 Å². The summed E-state index contributed by atoms with van der Waals surface area (Å²) in [4.78, 5) is 0. The first kappa shape index (κ1) is 8.06. The summed E-state index contributed by atoms with van der Waals surface area (Å²) in [6, 6.07) is 0. The first-order valence-electron chi connectivity index (χ1n) is 4.33. The van der Waals surface area contributed by atoms with Crippen molar-refractivity contribution < 1.29 is 4.74 Å². The number of rotatable bonds is 1. The van der Waals surface area contributed by atoms with Crippen molar-refractivity contribution in [2.75, 3.05) is 13.2 Å². The Morgan fingerprint density at radius 3 is 2.00 bits per heavy atom. The van der Waals surface area contributed by atoms with Gasteiger partial charge >= 0.3 is 0 Å². The standard InChI is InChI=1S/C9H18O/c1-4-9-7(2)5-10-6-8(9)3/h7-9H,4-6H2,1-3H3. The van der Waals surface area contributed by atoms with E-state index in [0.29, 0.717) is 0 Å². The van der Waals surface area contributed by atoms with Gasteiger partial charge in [-0.05, 0) is 17.8 Å². The predicted octanol–water partition coefficient (Wildman–Crippen LogP) is 2.32. The fourth-order valence-electron chi connectivity index (χ4n) is 2.05. The molecule has 1 aliphatic rings. The molecule has 1 rings (SSSR count). The summed E-state index contributed by atoms with van der Waals surface area (Å²) in [6.45, 7) is 8.82. The van der Waals surface area contributed by atoms with Gasteiger partial charge in [-0.15, -0.1) is 0 Å². The molecule has 0 bridgehead atoms. The smallest absolute Gasteiger partial charge is 0.0494 e. The molecule has 0 spiro atoms. The highest BCUT2D eigenvalue weighted by Crippen LogP contribution is 2.28. The van der Waals surface area contributed by atoms with Crippen molar-refractivity contribution in [1.82, 2.24) is 0 Å². The molecule has 0 radical (unpaired) electrons. The van der Waals surface area contributed by atoms with Crippen molar-refractivity contribution in [2.24, 2.45) is 17.8 Å². The molecule has 0 aromatic carbocycles. The highest BCUT2D eigenvalue weighted by molar-refractivity contribution is 4.74. The van der Waals surface area contributed by atoms with E-state index in [0.717, 1.165) is 31.0 Å². The van der Waals surface area contributed by atoms with E-state index in [2.05, 4.69) is 20.8 Å². The van der Waals surface area contributed by atoms with Gasteiger partial charge in [0.1, 0.15) is 0 Å². The molecule has 1 heteroatoms. The summed E-state index contributed by atoms with van der Waals surface area (Å²) in [5.74, 6) is 2.44. The molecule has 10 heavy (non-hydrogen) atoms. The van der Waals surface area contributed by atoms with Crippen LogP contribution in [0.4, 0.5) is 0 Å². The van der Waals surface area contributed by atoms with Gasteiger partial charge in [-0.1, -0.05) is 27.2 Å². The van der Waals surface area contributed by atoms with Crippen molar-refractivity contribution in [3.8, 4) is 0 Å². The zero-order chi connectivity index (χ0) is 7.56. The van der Waals surface area contributed by atoms with Crippen LogP contribution >= 0.6 is 0 Å². The second-order valence-corrected chi connectivity index (χ2v) is 3.56. The summed E-state index contributed by atoms with van der Waals surface area (Å²) in [6.07, 6.45) is 1.31. The van der Waals surface area contributed by atoms with Gasteiger partial charge in [0.05, 0.1) is 0 Å². The van der Waals surface area contributed by atoms with Crippen LogP contribution in [0.25, 0.3) is 0 Å². The molecule has 2 atom stereocenters. The molecule has 2 unspecified atom stereocenters. The van der Waals surface area contributed by atoms with Crippen LogP contribution in [0.2, 0.25) is 0 Å². The molecular weight excluding hydrogens is 124 g/mol. The van der Waals surface area contributed by atoms with Gasteiger partial charge in [0.25, 0.3) is 0 Å². The lowest BCUT2D eigenvalue weighted by Gasteiger charge is -2.33. The Morgan fingerprint density at radius 2 is 1.70 bits per heavy atom. The zero-order valence-electron chi connectivity index (χ0n) is 7.26. The van der Waals surface area contributed by atoms with Crippen LogP contribution in [0.15, 0.2) is 0 Å². The molecule has 0 aromatic heterocycles. The summed E-state index contributed by atoms with van der Waals surface area (Å²) < 4.78 is 5.43. The average molecular weight is 142 g/mol. The Hall–Kier alpha value is -0.0400. The van der Waals surface area contributed by atoms with Crippen molar-refractivity contribution in [3.63, 3.8) is 0 Å². The molecule has 1 aliphatic heterocycles. The Balaban J connectivity index is 2.45. The van der Waals surface area contributed by atoms with Crippen LogP contribution in [0, 0.1) is 17.8 Å².